The van der Waals surface area contributed by atoms with Gasteiger partial charge in [0.2, 0.25) is 5.88 Å². The maximum absolute atomic E-state index is 12.5. The van der Waals surface area contributed by atoms with Crippen molar-refractivity contribution >= 4 is 40.2 Å². The highest BCUT2D eigenvalue weighted by Gasteiger charge is 2.18. The Bertz CT molecular complexity index is 1590. The summed E-state index contributed by atoms with van der Waals surface area (Å²) < 4.78 is 0.951. The standard InChI is InChI=1S/C23H21ClN6O4/c24-13-5-4-6-14(9-13)30-21(32)15(20(31)28-23(30)34)12-25-18-10-16-17(27-22(33)26-16)11-19(18)29-7-2-1-3-8-29/h4-6,9-12,32H,1-3,7-8H2,(H2,26,27,33)(H,28,31,34). The molecule has 0 saturated carbocycles. The number of aliphatic imine (C=N–C) groups is 1. The maximum atomic E-state index is 12.5. The van der Waals surface area contributed by atoms with Crippen LogP contribution in [0.4, 0.5) is 11.4 Å². The van der Waals surface area contributed by atoms with Gasteiger partial charge in [0.25, 0.3) is 5.56 Å². The van der Waals surface area contributed by atoms with Crippen molar-refractivity contribution in [1.82, 2.24) is 19.5 Å². The number of H-pyrrole nitrogens is 3. The van der Waals surface area contributed by atoms with Gasteiger partial charge >= 0.3 is 11.4 Å². The summed E-state index contributed by atoms with van der Waals surface area (Å²) in [5, 5.41) is 11.2. The molecule has 4 aromatic rings. The number of aromatic nitrogens is 4. The van der Waals surface area contributed by atoms with Gasteiger partial charge in [0.05, 0.1) is 28.1 Å². The molecule has 0 unspecified atom stereocenters. The predicted octanol–water partition coefficient (Wildman–Crippen LogP) is 2.80. The van der Waals surface area contributed by atoms with Gasteiger partial charge in [0, 0.05) is 24.3 Å². The smallest absolute Gasteiger partial charge is 0.335 e. The van der Waals surface area contributed by atoms with Crippen LogP contribution in [0, 0.1) is 0 Å². The quantitative estimate of drug-likeness (QED) is 0.332. The summed E-state index contributed by atoms with van der Waals surface area (Å²) in [6, 6.07) is 9.89. The maximum Gasteiger partial charge on any atom is 0.335 e. The second-order valence-corrected chi connectivity index (χ2v) is 8.52. The molecule has 1 aliphatic heterocycles. The van der Waals surface area contributed by atoms with Crippen LogP contribution in [0.25, 0.3) is 16.7 Å². The van der Waals surface area contributed by atoms with Crippen LogP contribution in [0.3, 0.4) is 0 Å². The number of hydrogen-bond acceptors (Lipinski definition) is 6. The fourth-order valence-corrected chi connectivity index (χ4v) is 4.38. The molecule has 34 heavy (non-hydrogen) atoms. The summed E-state index contributed by atoms with van der Waals surface area (Å²) in [5.74, 6) is -0.560. The molecule has 4 N–H and O–H groups in total. The number of hydrogen-bond donors (Lipinski definition) is 4. The number of halogens is 1. The van der Waals surface area contributed by atoms with Crippen molar-refractivity contribution in [1.29, 1.82) is 0 Å². The molecule has 1 saturated heterocycles. The zero-order valence-corrected chi connectivity index (χ0v) is 18.7. The first-order valence-corrected chi connectivity index (χ1v) is 11.2. The van der Waals surface area contributed by atoms with Gasteiger partial charge < -0.3 is 20.0 Å². The van der Waals surface area contributed by atoms with E-state index in [0.717, 1.165) is 42.6 Å². The number of nitrogens with zero attached hydrogens (tertiary/aromatic N) is 3. The van der Waals surface area contributed by atoms with Crippen LogP contribution in [-0.4, -0.2) is 43.9 Å². The molecule has 0 atom stereocenters. The summed E-state index contributed by atoms with van der Waals surface area (Å²) in [6.07, 6.45) is 4.44. The Morgan fingerprint density at radius 3 is 2.44 bits per heavy atom. The first-order valence-electron chi connectivity index (χ1n) is 10.8. The van der Waals surface area contributed by atoms with Gasteiger partial charge in [-0.2, -0.15) is 0 Å². The summed E-state index contributed by atoms with van der Waals surface area (Å²) >= 11 is 6.02. The number of nitrogens with one attached hydrogen (secondary N) is 3. The fourth-order valence-electron chi connectivity index (χ4n) is 4.19. The highest BCUT2D eigenvalue weighted by molar-refractivity contribution is 6.30. The summed E-state index contributed by atoms with van der Waals surface area (Å²) in [4.78, 5) is 51.1. The van der Waals surface area contributed by atoms with E-state index in [4.69, 9.17) is 11.6 Å². The van der Waals surface area contributed by atoms with E-state index in [-0.39, 0.29) is 11.3 Å². The van der Waals surface area contributed by atoms with E-state index in [0.29, 0.717) is 27.4 Å². The second kappa shape index (κ2) is 8.71. The number of imidazole rings is 1. The van der Waals surface area contributed by atoms with Crippen LogP contribution in [0.2, 0.25) is 5.02 Å². The minimum atomic E-state index is -0.803. The molecule has 1 aliphatic rings. The van der Waals surface area contributed by atoms with Crippen LogP contribution in [0.1, 0.15) is 24.8 Å². The molecule has 174 valence electrons. The van der Waals surface area contributed by atoms with E-state index < -0.39 is 17.1 Å². The molecule has 0 bridgehead atoms. The highest BCUT2D eigenvalue weighted by atomic mass is 35.5. The lowest BCUT2D eigenvalue weighted by atomic mass is 10.1. The van der Waals surface area contributed by atoms with Gasteiger partial charge in [-0.25, -0.2) is 14.2 Å². The van der Waals surface area contributed by atoms with Gasteiger partial charge in [-0.1, -0.05) is 17.7 Å². The molecule has 2 aromatic carbocycles. The van der Waals surface area contributed by atoms with Crippen molar-refractivity contribution in [2.45, 2.75) is 19.3 Å². The largest absolute Gasteiger partial charge is 0.493 e. The van der Waals surface area contributed by atoms with E-state index in [1.54, 1.807) is 24.3 Å². The SMILES string of the molecule is O=c1[nH]c2cc(N=Cc3c(O)n(-c4cccc(Cl)c4)c(=O)[nH]c3=O)c(N3CCCCC3)cc2[nH]1. The Balaban J connectivity index is 1.64. The number of aromatic amines is 3. The molecule has 0 amide bonds. The lowest BCUT2D eigenvalue weighted by molar-refractivity contribution is 0.430. The minimum Gasteiger partial charge on any atom is -0.493 e. The number of benzene rings is 2. The average molecular weight is 481 g/mol. The minimum absolute atomic E-state index is 0.188. The van der Waals surface area contributed by atoms with E-state index in [9.17, 15) is 19.5 Å². The topological polar surface area (TPSA) is 139 Å². The Hall–Kier alpha value is -4.05. The first kappa shape index (κ1) is 21.8. The van der Waals surface area contributed by atoms with Crippen molar-refractivity contribution in [3.05, 3.63) is 78.3 Å². The van der Waals surface area contributed by atoms with Crippen LogP contribution >= 0.6 is 11.6 Å². The first-order chi connectivity index (χ1) is 16.4. The van der Waals surface area contributed by atoms with E-state index in [1.807, 2.05) is 6.07 Å². The number of fused-ring (bicyclic) bond motifs is 1. The van der Waals surface area contributed by atoms with Crippen molar-refractivity contribution in [2.75, 3.05) is 18.0 Å². The summed E-state index contributed by atoms with van der Waals surface area (Å²) in [5.41, 5.74) is 0.736. The van der Waals surface area contributed by atoms with Gasteiger partial charge in [-0.15, -0.1) is 0 Å². The van der Waals surface area contributed by atoms with Gasteiger partial charge in [0.1, 0.15) is 5.56 Å². The highest BCUT2D eigenvalue weighted by Crippen LogP contribution is 2.34. The summed E-state index contributed by atoms with van der Waals surface area (Å²) in [6.45, 7) is 1.68. The number of piperidine rings is 1. The van der Waals surface area contributed by atoms with E-state index in [2.05, 4.69) is 24.8 Å². The Morgan fingerprint density at radius 1 is 0.971 bits per heavy atom. The van der Waals surface area contributed by atoms with Crippen LogP contribution in [0.15, 0.2) is 55.8 Å². The molecule has 11 heteroatoms. The molecular formula is C23H21ClN6O4. The van der Waals surface area contributed by atoms with Crippen molar-refractivity contribution in [3.8, 4) is 11.6 Å². The number of anilines is 1. The van der Waals surface area contributed by atoms with E-state index >= 15 is 0 Å². The number of aromatic hydroxyl groups is 1. The zero-order valence-electron chi connectivity index (χ0n) is 18.0. The molecule has 0 radical (unpaired) electrons. The molecular weight excluding hydrogens is 460 g/mol. The Morgan fingerprint density at radius 2 is 1.71 bits per heavy atom. The third kappa shape index (κ3) is 4.03. The normalized spacial score (nSPS) is 14.3. The predicted molar refractivity (Wildman–Crippen MR) is 132 cm³/mol. The molecule has 0 spiro atoms. The average Bonchev–Trinajstić information content (AvgIpc) is 3.17. The molecule has 0 aliphatic carbocycles. The lowest BCUT2D eigenvalue weighted by Gasteiger charge is -2.29. The monoisotopic (exact) mass is 480 g/mol. The van der Waals surface area contributed by atoms with Gasteiger partial charge in [-0.3, -0.25) is 14.8 Å². The van der Waals surface area contributed by atoms with Gasteiger partial charge in [0.15, 0.2) is 0 Å². The summed E-state index contributed by atoms with van der Waals surface area (Å²) in [7, 11) is 0. The molecule has 10 nitrogen and oxygen atoms in total. The third-order valence-electron chi connectivity index (χ3n) is 5.83. The molecule has 3 heterocycles. The van der Waals surface area contributed by atoms with Crippen LogP contribution in [-0.2, 0) is 0 Å². The molecule has 1 fully saturated rings. The second-order valence-electron chi connectivity index (χ2n) is 8.08. The molecule has 2 aromatic heterocycles. The van der Waals surface area contributed by atoms with Gasteiger partial charge in [-0.05, 0) is 49.6 Å². The van der Waals surface area contributed by atoms with Crippen LogP contribution < -0.4 is 21.8 Å². The van der Waals surface area contributed by atoms with Crippen LogP contribution in [0.5, 0.6) is 5.88 Å². The zero-order chi connectivity index (χ0) is 23.8. The fraction of sp³-hybridized carbons (Fsp3) is 0.217. The Kier molecular flexibility index (Phi) is 5.58. The third-order valence-corrected chi connectivity index (χ3v) is 6.06. The van der Waals surface area contributed by atoms with E-state index in [1.165, 1.54) is 12.3 Å². The molecule has 5 rings (SSSR count). The van der Waals surface area contributed by atoms with Crippen molar-refractivity contribution in [3.63, 3.8) is 0 Å². The number of rotatable bonds is 4. The Labute approximate surface area is 197 Å². The van der Waals surface area contributed by atoms with Crippen molar-refractivity contribution < 1.29 is 5.11 Å². The van der Waals surface area contributed by atoms with Crippen molar-refractivity contribution in [2.24, 2.45) is 4.99 Å². The lowest BCUT2D eigenvalue weighted by Crippen LogP contribution is -2.31.